The summed E-state index contributed by atoms with van der Waals surface area (Å²) in [4.78, 5) is 24.5. The average Bonchev–Trinajstić information content (AvgIpc) is 2.48. The summed E-state index contributed by atoms with van der Waals surface area (Å²) in [7, 11) is 1.49. The van der Waals surface area contributed by atoms with Crippen LogP contribution in [-0.4, -0.2) is 27.2 Å². The van der Waals surface area contributed by atoms with Gasteiger partial charge in [0.25, 0.3) is 5.56 Å². The summed E-state index contributed by atoms with van der Waals surface area (Å²) in [6.07, 6.45) is 4.72. The Morgan fingerprint density at radius 3 is 2.52 bits per heavy atom. The minimum absolute atomic E-state index is 0.159. The fraction of sp³-hybridized carbons (Fsp3) is 0.714. The summed E-state index contributed by atoms with van der Waals surface area (Å²) < 4.78 is 2.61. The van der Waals surface area contributed by atoms with Crippen molar-refractivity contribution in [3.63, 3.8) is 0 Å². The highest BCUT2D eigenvalue weighted by Gasteiger charge is 2.17. The van der Waals surface area contributed by atoms with E-state index in [9.17, 15) is 9.59 Å². The third-order valence-corrected chi connectivity index (χ3v) is 4.26. The molecular weight excluding hydrogens is 288 g/mol. The van der Waals surface area contributed by atoms with Crippen LogP contribution in [0.25, 0.3) is 0 Å². The van der Waals surface area contributed by atoms with Crippen molar-refractivity contribution in [2.45, 2.75) is 45.7 Å². The molecule has 0 fully saturated rings. The van der Waals surface area contributed by atoms with Crippen molar-refractivity contribution in [3.8, 4) is 0 Å². The molecule has 1 atom stereocenters. The maximum Gasteiger partial charge on any atom is 0.332 e. The molecule has 0 aromatic carbocycles. The zero-order chi connectivity index (χ0) is 16.0. The molecule has 0 saturated heterocycles. The number of hydrogen-bond acceptors (Lipinski definition) is 5. The van der Waals surface area contributed by atoms with Gasteiger partial charge in [-0.1, -0.05) is 20.3 Å². The van der Waals surface area contributed by atoms with Gasteiger partial charge in [0, 0.05) is 25.4 Å². The Hall–Kier alpha value is -1.37. The summed E-state index contributed by atoms with van der Waals surface area (Å²) >= 11 is 1.71. The molecule has 1 aromatic heterocycles. The summed E-state index contributed by atoms with van der Waals surface area (Å²) in [5, 5.41) is 3.21. The summed E-state index contributed by atoms with van der Waals surface area (Å²) in [5.74, 6) is 1.13. The Labute approximate surface area is 129 Å². The second kappa shape index (κ2) is 8.17. The van der Waals surface area contributed by atoms with Gasteiger partial charge in [-0.05, 0) is 19.1 Å². The molecule has 3 N–H and O–H groups in total. The molecule has 7 heteroatoms. The first-order valence-electron chi connectivity index (χ1n) is 7.32. The first kappa shape index (κ1) is 17.7. The lowest BCUT2D eigenvalue weighted by molar-refractivity contribution is 0.574. The number of nitrogen functional groups attached to an aromatic ring is 1. The minimum atomic E-state index is -0.357. The van der Waals surface area contributed by atoms with Crippen molar-refractivity contribution >= 4 is 23.3 Å². The zero-order valence-electron chi connectivity index (χ0n) is 13.3. The van der Waals surface area contributed by atoms with E-state index in [1.165, 1.54) is 11.6 Å². The van der Waals surface area contributed by atoms with Gasteiger partial charge in [-0.2, -0.15) is 11.8 Å². The van der Waals surface area contributed by atoms with Gasteiger partial charge in [0.1, 0.15) is 11.5 Å². The molecule has 1 rings (SSSR count). The fourth-order valence-corrected chi connectivity index (χ4v) is 2.84. The van der Waals surface area contributed by atoms with Crippen molar-refractivity contribution in [1.29, 1.82) is 0 Å². The van der Waals surface area contributed by atoms with Crippen LogP contribution in [0.1, 0.15) is 33.1 Å². The average molecular weight is 314 g/mol. The molecule has 0 bridgehead atoms. The second-order valence-electron chi connectivity index (χ2n) is 5.12. The van der Waals surface area contributed by atoms with E-state index in [4.69, 9.17) is 5.73 Å². The lowest BCUT2D eigenvalue weighted by Gasteiger charge is -2.20. The molecule has 1 aromatic rings. The first-order valence-corrected chi connectivity index (χ1v) is 8.71. The van der Waals surface area contributed by atoms with Crippen molar-refractivity contribution < 1.29 is 0 Å². The number of hydrogen-bond donors (Lipinski definition) is 2. The minimum Gasteiger partial charge on any atom is -0.383 e. The van der Waals surface area contributed by atoms with Crippen LogP contribution in [0.5, 0.6) is 0 Å². The monoisotopic (exact) mass is 314 g/mol. The first-order chi connectivity index (χ1) is 9.97. The van der Waals surface area contributed by atoms with Gasteiger partial charge >= 0.3 is 5.69 Å². The van der Waals surface area contributed by atoms with E-state index in [0.717, 1.165) is 29.6 Å². The van der Waals surface area contributed by atoms with Crippen LogP contribution in [0, 0.1) is 0 Å². The SMILES string of the molecule is CCCCn1c(N)c(NC(CC)CSC)c(=O)n(C)c1=O. The van der Waals surface area contributed by atoms with E-state index in [2.05, 4.69) is 12.2 Å². The van der Waals surface area contributed by atoms with Crippen molar-refractivity contribution in [1.82, 2.24) is 9.13 Å². The molecule has 0 aliphatic rings. The molecule has 1 heterocycles. The van der Waals surface area contributed by atoms with Gasteiger partial charge in [0.05, 0.1) is 0 Å². The highest BCUT2D eigenvalue weighted by atomic mass is 32.2. The molecule has 120 valence electrons. The summed E-state index contributed by atoms with van der Waals surface area (Å²) in [6.45, 7) is 4.64. The van der Waals surface area contributed by atoms with E-state index < -0.39 is 0 Å². The molecule has 0 saturated carbocycles. The number of thioether (sulfide) groups is 1. The quantitative estimate of drug-likeness (QED) is 0.759. The second-order valence-corrected chi connectivity index (χ2v) is 6.03. The highest BCUT2D eigenvalue weighted by molar-refractivity contribution is 7.98. The Morgan fingerprint density at radius 1 is 1.33 bits per heavy atom. The van der Waals surface area contributed by atoms with Crippen molar-refractivity contribution in [2.24, 2.45) is 7.05 Å². The van der Waals surface area contributed by atoms with Gasteiger partial charge in [0.2, 0.25) is 0 Å². The predicted molar refractivity (Wildman–Crippen MR) is 91.3 cm³/mol. The Morgan fingerprint density at radius 2 is 2.00 bits per heavy atom. The summed E-state index contributed by atoms with van der Waals surface area (Å²) in [5.41, 5.74) is 5.71. The lowest BCUT2D eigenvalue weighted by atomic mass is 10.2. The van der Waals surface area contributed by atoms with Crippen LogP contribution >= 0.6 is 11.8 Å². The van der Waals surface area contributed by atoms with E-state index in [-0.39, 0.29) is 23.1 Å². The molecule has 21 heavy (non-hydrogen) atoms. The van der Waals surface area contributed by atoms with Crippen LogP contribution in [0.15, 0.2) is 9.59 Å². The Kier molecular flexibility index (Phi) is 6.87. The van der Waals surface area contributed by atoms with E-state index >= 15 is 0 Å². The van der Waals surface area contributed by atoms with Gasteiger partial charge in [-0.3, -0.25) is 13.9 Å². The van der Waals surface area contributed by atoms with E-state index in [0.29, 0.717) is 12.2 Å². The van der Waals surface area contributed by atoms with Gasteiger partial charge < -0.3 is 11.1 Å². The number of aromatic nitrogens is 2. The van der Waals surface area contributed by atoms with Crippen molar-refractivity contribution in [3.05, 3.63) is 20.8 Å². The number of anilines is 2. The van der Waals surface area contributed by atoms with Crippen LogP contribution in [0.3, 0.4) is 0 Å². The topological polar surface area (TPSA) is 82.0 Å². The molecule has 1 unspecified atom stereocenters. The number of nitrogens with two attached hydrogens (primary N) is 1. The van der Waals surface area contributed by atoms with Crippen molar-refractivity contribution in [2.75, 3.05) is 23.1 Å². The van der Waals surface area contributed by atoms with Crippen LogP contribution < -0.4 is 22.3 Å². The molecular formula is C14H26N4O2S. The van der Waals surface area contributed by atoms with Crippen LogP contribution in [0.2, 0.25) is 0 Å². The number of rotatable bonds is 8. The van der Waals surface area contributed by atoms with Crippen LogP contribution in [0.4, 0.5) is 11.5 Å². The standard InChI is InChI=1S/C14H26N4O2S/c1-5-7-8-18-12(15)11(13(19)17(3)14(18)20)16-10(6-2)9-21-4/h10,16H,5-9,15H2,1-4H3. The normalized spacial score (nSPS) is 12.4. The number of nitrogens with zero attached hydrogens (tertiary/aromatic N) is 2. The van der Waals surface area contributed by atoms with E-state index in [1.807, 2.05) is 13.2 Å². The molecule has 0 aliphatic heterocycles. The predicted octanol–water partition coefficient (Wildman–Crippen LogP) is 1.48. The van der Waals surface area contributed by atoms with E-state index in [1.54, 1.807) is 11.8 Å². The lowest BCUT2D eigenvalue weighted by Crippen LogP contribution is -2.42. The maximum atomic E-state index is 12.3. The molecule has 0 aliphatic carbocycles. The summed E-state index contributed by atoms with van der Waals surface area (Å²) in [6, 6.07) is 0.159. The number of unbranched alkanes of at least 4 members (excludes halogenated alkanes) is 1. The highest BCUT2D eigenvalue weighted by Crippen LogP contribution is 2.15. The molecule has 6 nitrogen and oxygen atoms in total. The third kappa shape index (κ3) is 4.06. The molecule has 0 amide bonds. The zero-order valence-corrected chi connectivity index (χ0v) is 14.1. The third-order valence-electron chi connectivity index (χ3n) is 3.53. The fourth-order valence-electron chi connectivity index (χ4n) is 2.12. The largest absolute Gasteiger partial charge is 0.383 e. The smallest absolute Gasteiger partial charge is 0.332 e. The van der Waals surface area contributed by atoms with Gasteiger partial charge in [-0.15, -0.1) is 0 Å². The maximum absolute atomic E-state index is 12.3. The molecule has 0 spiro atoms. The number of nitrogens with one attached hydrogen (secondary N) is 1. The van der Waals surface area contributed by atoms with Gasteiger partial charge in [0.15, 0.2) is 0 Å². The van der Waals surface area contributed by atoms with Gasteiger partial charge in [-0.25, -0.2) is 4.79 Å². The molecule has 0 radical (unpaired) electrons. The Balaban J connectivity index is 3.28. The van der Waals surface area contributed by atoms with Crippen LogP contribution in [-0.2, 0) is 13.6 Å². The Bertz CT molecular complexity index is 580.